The Labute approximate surface area is 174 Å². The Morgan fingerprint density at radius 3 is 2.57 bits per heavy atom. The zero-order valence-corrected chi connectivity index (χ0v) is 17.5. The van der Waals surface area contributed by atoms with Crippen molar-refractivity contribution in [1.29, 1.82) is 0 Å². The van der Waals surface area contributed by atoms with E-state index in [2.05, 4.69) is 29.0 Å². The number of pyridine rings is 1. The zero-order valence-electron chi connectivity index (χ0n) is 16.7. The van der Waals surface area contributed by atoms with E-state index in [1.807, 2.05) is 18.5 Å². The van der Waals surface area contributed by atoms with Gasteiger partial charge in [-0.25, -0.2) is 23.1 Å². The average Bonchev–Trinajstić information content (AvgIpc) is 3.37. The van der Waals surface area contributed by atoms with Gasteiger partial charge >= 0.3 is 5.97 Å². The highest BCUT2D eigenvalue weighted by atomic mass is 32.1. The predicted octanol–water partition coefficient (Wildman–Crippen LogP) is 5.15. The number of hydrogen-bond acceptors (Lipinski definition) is 5. The van der Waals surface area contributed by atoms with Crippen molar-refractivity contribution < 1.29 is 18.7 Å². The molecule has 0 spiro atoms. The fourth-order valence-electron chi connectivity index (χ4n) is 3.62. The lowest BCUT2D eigenvalue weighted by molar-refractivity contribution is 0.0689. The second-order valence-corrected chi connectivity index (χ2v) is 8.23. The van der Waals surface area contributed by atoms with Crippen molar-refractivity contribution in [2.75, 3.05) is 0 Å². The quantitative estimate of drug-likeness (QED) is 0.472. The Hall–Kier alpha value is -3.14. The highest BCUT2D eigenvalue weighted by molar-refractivity contribution is 7.17. The van der Waals surface area contributed by atoms with E-state index in [1.165, 1.54) is 0 Å². The number of carboxylic acids is 1. The lowest BCUT2D eigenvalue weighted by Crippen LogP contribution is -2.04. The minimum Gasteiger partial charge on any atom is -0.477 e. The molecular weight excluding hydrogens is 412 g/mol. The molecule has 0 aliphatic carbocycles. The molecular formula is C20H19F2N5O2S. The molecule has 0 bridgehead atoms. The number of aromatic carboxylic acids is 1. The summed E-state index contributed by atoms with van der Waals surface area (Å²) >= 11 is 0.739. The van der Waals surface area contributed by atoms with Gasteiger partial charge in [-0.3, -0.25) is 4.68 Å². The summed E-state index contributed by atoms with van der Waals surface area (Å²) in [6.45, 7) is 8.04. The number of hydrogen-bond donors (Lipinski definition) is 1. The van der Waals surface area contributed by atoms with Crippen LogP contribution in [0.4, 0.5) is 8.78 Å². The first-order valence-electron chi connectivity index (χ1n) is 9.25. The maximum Gasteiger partial charge on any atom is 0.348 e. The lowest BCUT2D eigenvalue weighted by atomic mass is 10.0. The minimum absolute atomic E-state index is 0.201. The summed E-state index contributed by atoms with van der Waals surface area (Å²) in [5.41, 5.74) is 4.30. The van der Waals surface area contributed by atoms with Crippen LogP contribution < -0.4 is 0 Å². The molecule has 10 heteroatoms. The second kappa shape index (κ2) is 7.28. The van der Waals surface area contributed by atoms with Crippen LogP contribution in [0.25, 0.3) is 27.2 Å². The van der Waals surface area contributed by atoms with Crippen molar-refractivity contribution in [3.8, 4) is 21.7 Å². The van der Waals surface area contributed by atoms with Crippen LogP contribution >= 0.6 is 11.3 Å². The number of alkyl halides is 2. The lowest BCUT2D eigenvalue weighted by Gasteiger charge is -2.08. The number of carboxylic acid groups (broad SMARTS) is 1. The first kappa shape index (κ1) is 20.1. The van der Waals surface area contributed by atoms with Crippen LogP contribution in [0, 0.1) is 13.8 Å². The van der Waals surface area contributed by atoms with Gasteiger partial charge in [0, 0.05) is 34.6 Å². The second-order valence-electron chi connectivity index (χ2n) is 7.23. The smallest absolute Gasteiger partial charge is 0.348 e. The van der Waals surface area contributed by atoms with Gasteiger partial charge in [-0.1, -0.05) is 0 Å². The number of aryl methyl sites for hydroxylation is 1. The van der Waals surface area contributed by atoms with Crippen LogP contribution in [0.3, 0.4) is 0 Å². The van der Waals surface area contributed by atoms with Crippen molar-refractivity contribution in [2.24, 2.45) is 0 Å². The van der Waals surface area contributed by atoms with Gasteiger partial charge in [0.2, 0.25) is 0 Å². The Kier molecular flexibility index (Phi) is 4.89. The van der Waals surface area contributed by atoms with E-state index in [0.717, 1.165) is 39.4 Å². The number of aromatic nitrogens is 5. The van der Waals surface area contributed by atoms with E-state index >= 15 is 0 Å². The summed E-state index contributed by atoms with van der Waals surface area (Å²) in [4.78, 5) is 14.8. The Morgan fingerprint density at radius 1 is 1.27 bits per heavy atom. The maximum absolute atomic E-state index is 13.2. The van der Waals surface area contributed by atoms with Crippen molar-refractivity contribution in [2.45, 2.75) is 40.2 Å². The van der Waals surface area contributed by atoms with E-state index in [-0.39, 0.29) is 11.0 Å². The molecule has 4 rings (SSSR count). The number of fused-ring (bicyclic) bond motifs is 1. The first-order chi connectivity index (χ1) is 14.2. The van der Waals surface area contributed by atoms with Crippen molar-refractivity contribution in [3.05, 3.63) is 46.5 Å². The molecule has 1 N–H and O–H groups in total. The topological polar surface area (TPSA) is 85.3 Å². The number of thiazole rings is 1. The largest absolute Gasteiger partial charge is 0.477 e. The van der Waals surface area contributed by atoms with Crippen LogP contribution in [-0.4, -0.2) is 35.5 Å². The molecule has 4 heterocycles. The van der Waals surface area contributed by atoms with Crippen molar-refractivity contribution in [1.82, 2.24) is 24.4 Å². The third kappa shape index (κ3) is 3.17. The third-order valence-electron chi connectivity index (χ3n) is 4.91. The molecule has 0 amide bonds. The molecule has 0 aliphatic rings. The molecule has 156 valence electrons. The monoisotopic (exact) mass is 431 g/mol. The maximum atomic E-state index is 13.2. The molecule has 0 atom stereocenters. The van der Waals surface area contributed by atoms with Crippen LogP contribution in [0.2, 0.25) is 0 Å². The van der Waals surface area contributed by atoms with Gasteiger partial charge in [-0.15, -0.1) is 11.3 Å². The Bertz CT molecular complexity index is 1270. The number of halogens is 2. The molecule has 0 saturated carbocycles. The van der Waals surface area contributed by atoms with Crippen molar-refractivity contribution in [3.63, 3.8) is 0 Å². The molecule has 0 aliphatic heterocycles. The third-order valence-corrected chi connectivity index (χ3v) is 6.01. The molecule has 0 unspecified atom stereocenters. The Balaban J connectivity index is 1.88. The van der Waals surface area contributed by atoms with Crippen LogP contribution in [0.15, 0.2) is 24.5 Å². The average molecular weight is 431 g/mol. The van der Waals surface area contributed by atoms with E-state index in [4.69, 9.17) is 0 Å². The molecule has 4 aromatic rings. The van der Waals surface area contributed by atoms with Crippen LogP contribution in [0.1, 0.15) is 53.1 Å². The number of rotatable bonds is 5. The SMILES string of the molecule is Cc1nn(C(C)C)c(C)c1-c1cnn2ccc(-c3nc(C(F)F)c(C(=O)O)s3)cc12. The van der Waals surface area contributed by atoms with Gasteiger partial charge in [-0.05, 0) is 39.8 Å². The Morgan fingerprint density at radius 2 is 2.00 bits per heavy atom. The van der Waals surface area contributed by atoms with Gasteiger partial charge in [0.05, 0.1) is 17.4 Å². The molecule has 0 radical (unpaired) electrons. The summed E-state index contributed by atoms with van der Waals surface area (Å²) in [6, 6.07) is 3.67. The van der Waals surface area contributed by atoms with Gasteiger partial charge < -0.3 is 5.11 Å². The van der Waals surface area contributed by atoms with E-state index in [1.54, 1.807) is 29.0 Å². The van der Waals surface area contributed by atoms with E-state index in [0.29, 0.717) is 5.56 Å². The molecule has 30 heavy (non-hydrogen) atoms. The standard InChI is InChI=1S/C20H19F2N5O2S/c1-9(2)27-11(4)15(10(3)25-27)13-8-23-26-6-5-12(7-14(13)26)19-24-16(18(21)22)17(30-19)20(28)29/h5-9,18H,1-4H3,(H,28,29). The highest BCUT2D eigenvalue weighted by Crippen LogP contribution is 2.36. The van der Waals surface area contributed by atoms with Gasteiger partial charge in [0.25, 0.3) is 6.43 Å². The summed E-state index contributed by atoms with van der Waals surface area (Å²) in [6.07, 6.45) is 0.494. The molecule has 7 nitrogen and oxygen atoms in total. The molecule has 0 fully saturated rings. The zero-order chi connectivity index (χ0) is 21.7. The first-order valence-corrected chi connectivity index (χ1v) is 10.1. The molecule has 0 saturated heterocycles. The number of nitrogens with zero attached hydrogens (tertiary/aromatic N) is 5. The fourth-order valence-corrected chi connectivity index (χ4v) is 4.53. The molecule has 4 aromatic heterocycles. The minimum atomic E-state index is -2.96. The molecule has 0 aromatic carbocycles. The van der Waals surface area contributed by atoms with E-state index < -0.39 is 23.0 Å². The number of carbonyl (C=O) groups is 1. The van der Waals surface area contributed by atoms with Crippen LogP contribution in [-0.2, 0) is 0 Å². The summed E-state index contributed by atoms with van der Waals surface area (Å²) < 4.78 is 30.1. The fraction of sp³-hybridized carbons (Fsp3) is 0.300. The van der Waals surface area contributed by atoms with E-state index in [9.17, 15) is 18.7 Å². The normalized spacial score (nSPS) is 11.9. The van der Waals surface area contributed by atoms with Crippen LogP contribution in [0.5, 0.6) is 0 Å². The predicted molar refractivity (Wildman–Crippen MR) is 109 cm³/mol. The summed E-state index contributed by atoms with van der Waals surface area (Å²) in [5.74, 6) is -1.41. The van der Waals surface area contributed by atoms with Gasteiger partial charge in [-0.2, -0.15) is 10.2 Å². The highest BCUT2D eigenvalue weighted by Gasteiger charge is 2.25. The van der Waals surface area contributed by atoms with Gasteiger partial charge in [0.1, 0.15) is 15.6 Å². The van der Waals surface area contributed by atoms with Crippen molar-refractivity contribution >= 4 is 22.8 Å². The summed E-state index contributed by atoms with van der Waals surface area (Å²) in [7, 11) is 0. The summed E-state index contributed by atoms with van der Waals surface area (Å²) in [5, 5.41) is 18.5. The van der Waals surface area contributed by atoms with Gasteiger partial charge in [0.15, 0.2) is 0 Å².